The lowest BCUT2D eigenvalue weighted by Crippen LogP contribution is -2.43. The molecule has 1 amide bonds. The zero-order chi connectivity index (χ0) is 25.6. The second-order valence-corrected chi connectivity index (χ2v) is 10.2. The van der Waals surface area contributed by atoms with E-state index in [0.717, 1.165) is 37.9 Å². The maximum atomic E-state index is 11.9. The second kappa shape index (κ2) is 11.4. The summed E-state index contributed by atoms with van der Waals surface area (Å²) < 4.78 is 25.1. The highest BCUT2D eigenvalue weighted by Crippen LogP contribution is 2.28. The molecule has 0 radical (unpaired) electrons. The van der Waals surface area contributed by atoms with Gasteiger partial charge in [0.05, 0.1) is 18.0 Å². The number of carbonyl (C=O) groups excluding carboxylic acids is 1. The summed E-state index contributed by atoms with van der Waals surface area (Å²) in [6, 6.07) is 11.5. The number of phenols is 1. The number of carboxylic acid groups (broad SMARTS) is 1. The summed E-state index contributed by atoms with van der Waals surface area (Å²) in [5.41, 5.74) is 1.85. The Morgan fingerprint density at radius 2 is 1.77 bits per heavy atom. The van der Waals surface area contributed by atoms with E-state index in [1.165, 1.54) is 12.1 Å². The van der Waals surface area contributed by atoms with E-state index in [1.807, 2.05) is 12.1 Å². The van der Waals surface area contributed by atoms with E-state index < -0.39 is 34.5 Å². The van der Waals surface area contributed by atoms with Gasteiger partial charge >= 0.3 is 5.97 Å². The van der Waals surface area contributed by atoms with E-state index >= 15 is 0 Å². The molecule has 1 aliphatic heterocycles. The van der Waals surface area contributed by atoms with Crippen molar-refractivity contribution in [3.63, 3.8) is 0 Å². The predicted molar refractivity (Wildman–Crippen MR) is 131 cm³/mol. The number of hydrogen-bond acceptors (Lipinski definition) is 8. The number of aliphatic hydroxyl groups excluding tert-OH is 1. The minimum absolute atomic E-state index is 0.0164. The van der Waals surface area contributed by atoms with Crippen LogP contribution in [0.5, 0.6) is 5.75 Å². The van der Waals surface area contributed by atoms with Crippen LogP contribution in [-0.4, -0.2) is 74.1 Å². The number of hydrogen-bond donors (Lipinski definition) is 6. The Morgan fingerprint density at radius 3 is 2.37 bits per heavy atom. The number of aromatic hydroxyl groups is 1. The zero-order valence-electron chi connectivity index (χ0n) is 19.3. The number of benzene rings is 2. The van der Waals surface area contributed by atoms with E-state index in [9.17, 15) is 28.2 Å². The van der Waals surface area contributed by atoms with Crippen LogP contribution in [0.4, 0.5) is 11.4 Å². The van der Waals surface area contributed by atoms with Gasteiger partial charge in [0.1, 0.15) is 12.3 Å². The number of aliphatic carboxylic acids is 1. The van der Waals surface area contributed by atoms with Crippen LogP contribution in [0.2, 0.25) is 0 Å². The van der Waals surface area contributed by atoms with Crippen LogP contribution in [0.1, 0.15) is 34.9 Å². The van der Waals surface area contributed by atoms with Crippen molar-refractivity contribution in [1.29, 1.82) is 0 Å². The van der Waals surface area contributed by atoms with Crippen LogP contribution >= 0.6 is 0 Å². The summed E-state index contributed by atoms with van der Waals surface area (Å²) >= 11 is 0. The van der Waals surface area contributed by atoms with E-state index in [2.05, 4.69) is 20.3 Å². The molecule has 12 heteroatoms. The Kier molecular flexibility index (Phi) is 8.54. The van der Waals surface area contributed by atoms with Gasteiger partial charge in [-0.15, -0.1) is 0 Å². The molecule has 0 spiro atoms. The first-order chi connectivity index (χ1) is 16.5. The lowest BCUT2D eigenvalue weighted by Gasteiger charge is -2.34. The van der Waals surface area contributed by atoms with Crippen molar-refractivity contribution in [2.24, 2.45) is 0 Å². The summed E-state index contributed by atoms with van der Waals surface area (Å²) in [4.78, 5) is 24.7. The Hall–Kier alpha value is -3.35. The van der Waals surface area contributed by atoms with Gasteiger partial charge in [0.2, 0.25) is 10.0 Å². The summed E-state index contributed by atoms with van der Waals surface area (Å²) in [5, 5.41) is 34.7. The minimum Gasteiger partial charge on any atom is -0.506 e. The number of sulfonamides is 1. The number of anilines is 2. The number of rotatable bonds is 10. The summed E-state index contributed by atoms with van der Waals surface area (Å²) in [6.07, 6.45) is 1.78. The second-order valence-electron chi connectivity index (χ2n) is 8.46. The number of amides is 1. The minimum atomic E-state index is -3.57. The fraction of sp³-hybridized carbons (Fsp3) is 0.391. The van der Waals surface area contributed by atoms with Gasteiger partial charge in [-0.2, -0.15) is 0 Å². The lowest BCUT2D eigenvalue weighted by molar-refractivity contribution is -0.135. The van der Waals surface area contributed by atoms with Gasteiger partial charge in [-0.1, -0.05) is 6.07 Å². The monoisotopic (exact) mass is 506 g/mol. The third-order valence-corrected chi connectivity index (χ3v) is 6.28. The molecule has 0 bridgehead atoms. The van der Waals surface area contributed by atoms with Crippen molar-refractivity contribution in [3.8, 4) is 5.75 Å². The maximum absolute atomic E-state index is 11.9. The topological polar surface area (TPSA) is 168 Å². The van der Waals surface area contributed by atoms with Crippen molar-refractivity contribution in [1.82, 2.24) is 10.6 Å². The first kappa shape index (κ1) is 26.3. The van der Waals surface area contributed by atoms with Crippen molar-refractivity contribution in [2.75, 3.05) is 42.1 Å². The molecular weight excluding hydrogens is 476 g/mol. The van der Waals surface area contributed by atoms with Crippen molar-refractivity contribution < 1.29 is 33.3 Å². The average molecular weight is 507 g/mol. The molecule has 2 aromatic rings. The van der Waals surface area contributed by atoms with Gasteiger partial charge in [0.15, 0.2) is 0 Å². The molecule has 6 N–H and O–H groups in total. The molecule has 1 saturated heterocycles. The van der Waals surface area contributed by atoms with Crippen LogP contribution in [0.15, 0.2) is 42.5 Å². The van der Waals surface area contributed by atoms with Crippen LogP contribution < -0.4 is 20.3 Å². The molecular formula is C23H30N4O7S. The standard InChI is InChI=1S/C23H30N4O7S/c1-35(33,34)26-19-12-16(4-7-20(19)28)21(29)13-24-17-8-10-27(11-9-17)18-5-2-15(3-6-18)23(32)25-14-22(30)31/h2-7,12,17,21,24,26,28-29H,8-11,13-14H2,1H3,(H,25,32)(H,30,31)/t21-/m0/s1. The smallest absolute Gasteiger partial charge is 0.322 e. The predicted octanol–water partition coefficient (Wildman–Crippen LogP) is 0.870. The molecule has 3 rings (SSSR count). The Labute approximate surface area is 203 Å². The first-order valence-electron chi connectivity index (χ1n) is 11.1. The van der Waals surface area contributed by atoms with Crippen LogP contribution in [0.25, 0.3) is 0 Å². The zero-order valence-corrected chi connectivity index (χ0v) is 20.1. The Bertz CT molecular complexity index is 1150. The number of carbonyl (C=O) groups is 2. The first-order valence-corrected chi connectivity index (χ1v) is 13.0. The summed E-state index contributed by atoms with van der Waals surface area (Å²) in [5.74, 6) is -1.76. The molecule has 2 aromatic carbocycles. The van der Waals surface area contributed by atoms with Crippen molar-refractivity contribution in [3.05, 3.63) is 53.6 Å². The third-order valence-electron chi connectivity index (χ3n) is 5.69. The van der Waals surface area contributed by atoms with Gasteiger partial charge in [0, 0.05) is 36.9 Å². The third kappa shape index (κ3) is 7.84. The number of aliphatic hydroxyl groups is 1. The number of piperidine rings is 1. The fourth-order valence-electron chi connectivity index (χ4n) is 3.86. The fourth-order valence-corrected chi connectivity index (χ4v) is 4.42. The van der Waals surface area contributed by atoms with E-state index in [0.29, 0.717) is 11.1 Å². The molecule has 0 saturated carbocycles. The van der Waals surface area contributed by atoms with Crippen molar-refractivity contribution in [2.45, 2.75) is 25.0 Å². The van der Waals surface area contributed by atoms with Gasteiger partial charge in [-0.3, -0.25) is 14.3 Å². The van der Waals surface area contributed by atoms with E-state index in [1.54, 1.807) is 18.2 Å². The van der Waals surface area contributed by atoms with E-state index in [4.69, 9.17) is 5.11 Å². The molecule has 35 heavy (non-hydrogen) atoms. The number of nitrogens with one attached hydrogen (secondary N) is 3. The average Bonchev–Trinajstić information content (AvgIpc) is 2.82. The van der Waals surface area contributed by atoms with Crippen LogP contribution in [0.3, 0.4) is 0 Å². The quantitative estimate of drug-likeness (QED) is 0.256. The van der Waals surface area contributed by atoms with Gasteiger partial charge in [-0.05, 0) is 54.8 Å². The summed E-state index contributed by atoms with van der Waals surface area (Å²) in [6.45, 7) is 1.40. The Balaban J connectivity index is 1.48. The van der Waals surface area contributed by atoms with Gasteiger partial charge in [-0.25, -0.2) is 8.42 Å². The summed E-state index contributed by atoms with van der Waals surface area (Å²) in [7, 11) is -3.57. The van der Waals surface area contributed by atoms with Gasteiger partial charge in [0.25, 0.3) is 5.91 Å². The largest absolute Gasteiger partial charge is 0.506 e. The van der Waals surface area contributed by atoms with Crippen LogP contribution in [0, 0.1) is 0 Å². The lowest BCUT2D eigenvalue weighted by atomic mass is 10.0. The van der Waals surface area contributed by atoms with Crippen LogP contribution in [-0.2, 0) is 14.8 Å². The SMILES string of the molecule is CS(=O)(=O)Nc1cc([C@@H](O)CNC2CCN(c3ccc(C(=O)NCC(=O)O)cc3)CC2)ccc1O. The van der Waals surface area contributed by atoms with Gasteiger partial charge < -0.3 is 30.9 Å². The molecule has 1 atom stereocenters. The molecule has 11 nitrogen and oxygen atoms in total. The highest BCUT2D eigenvalue weighted by atomic mass is 32.2. The highest BCUT2D eigenvalue weighted by Gasteiger charge is 2.21. The number of carboxylic acids is 1. The number of nitrogens with zero attached hydrogens (tertiary/aromatic N) is 1. The normalized spacial score (nSPS) is 15.4. The molecule has 190 valence electrons. The highest BCUT2D eigenvalue weighted by molar-refractivity contribution is 7.92. The molecule has 0 aromatic heterocycles. The maximum Gasteiger partial charge on any atom is 0.322 e. The molecule has 1 heterocycles. The molecule has 1 fully saturated rings. The molecule has 0 aliphatic carbocycles. The number of phenolic OH excluding ortho intramolecular Hbond substituents is 1. The van der Waals surface area contributed by atoms with E-state index in [-0.39, 0.29) is 24.0 Å². The van der Waals surface area contributed by atoms with Crippen molar-refractivity contribution >= 4 is 33.3 Å². The molecule has 1 aliphatic rings. The Morgan fingerprint density at radius 1 is 1.11 bits per heavy atom. The molecule has 0 unspecified atom stereocenters.